The zero-order valence-electron chi connectivity index (χ0n) is 12.2. The van der Waals surface area contributed by atoms with Crippen molar-refractivity contribution < 1.29 is 9.18 Å². The summed E-state index contributed by atoms with van der Waals surface area (Å²) in [4.78, 5) is 16.1. The van der Waals surface area contributed by atoms with Gasteiger partial charge in [0.15, 0.2) is 5.16 Å². The molecule has 0 atom stereocenters. The van der Waals surface area contributed by atoms with E-state index in [1.54, 1.807) is 18.3 Å². The number of halogens is 1. The van der Waals surface area contributed by atoms with E-state index in [1.807, 2.05) is 6.20 Å². The van der Waals surface area contributed by atoms with Gasteiger partial charge in [-0.1, -0.05) is 23.9 Å². The van der Waals surface area contributed by atoms with Crippen LogP contribution in [0.1, 0.15) is 24.4 Å². The molecule has 0 radical (unpaired) electrons. The van der Waals surface area contributed by atoms with E-state index in [2.05, 4.69) is 14.9 Å². The minimum Gasteiger partial charge on any atom is -0.355 e. The lowest BCUT2D eigenvalue weighted by molar-refractivity contribution is -0.118. The Hall–Kier alpha value is -1.82. The summed E-state index contributed by atoms with van der Waals surface area (Å²) in [5.41, 5.74) is 1.01. The van der Waals surface area contributed by atoms with Gasteiger partial charge in [0.25, 0.3) is 0 Å². The van der Waals surface area contributed by atoms with Crippen LogP contribution in [0.4, 0.5) is 4.39 Å². The summed E-state index contributed by atoms with van der Waals surface area (Å²) in [6, 6.07) is 6.92. The van der Waals surface area contributed by atoms with Crippen LogP contribution in [0.2, 0.25) is 0 Å². The minimum absolute atomic E-state index is 0.00235. The lowest BCUT2D eigenvalue weighted by Gasteiger charge is -2.07. The lowest BCUT2D eigenvalue weighted by atomic mass is 10.1. The molecular weight excluding hydrogens is 301 g/mol. The standard InChI is InChI=1S/C16H18FN3OS/c17-13-3-1-12(2-4-13)7-8-18-15(21)11-22-16-19-9-10-20(16)14-5-6-14/h1-4,9-10,14H,5-8,11H2,(H,18,21). The topological polar surface area (TPSA) is 46.9 Å². The number of amides is 1. The number of hydrogen-bond donors (Lipinski definition) is 1. The molecule has 2 aromatic rings. The van der Waals surface area contributed by atoms with Crippen LogP contribution in [0.25, 0.3) is 0 Å². The maximum atomic E-state index is 12.8. The third kappa shape index (κ3) is 4.10. The SMILES string of the molecule is O=C(CSc1nccn1C1CC1)NCCc1ccc(F)cc1. The molecule has 1 aromatic carbocycles. The molecule has 0 aliphatic heterocycles. The average Bonchev–Trinajstić information content (AvgIpc) is 3.26. The fourth-order valence-electron chi connectivity index (χ4n) is 2.22. The predicted molar refractivity (Wildman–Crippen MR) is 84.3 cm³/mol. The second-order valence-electron chi connectivity index (χ2n) is 5.36. The van der Waals surface area contributed by atoms with Gasteiger partial charge in [-0.25, -0.2) is 9.37 Å². The van der Waals surface area contributed by atoms with Crippen LogP contribution in [0.15, 0.2) is 41.8 Å². The Balaban J connectivity index is 1.39. The summed E-state index contributed by atoms with van der Waals surface area (Å²) in [5, 5.41) is 3.80. The van der Waals surface area contributed by atoms with Crippen LogP contribution < -0.4 is 5.32 Å². The first-order valence-corrected chi connectivity index (χ1v) is 8.38. The molecule has 0 saturated heterocycles. The van der Waals surface area contributed by atoms with Gasteiger partial charge in [-0.15, -0.1) is 0 Å². The maximum absolute atomic E-state index is 12.8. The molecule has 1 amide bonds. The van der Waals surface area contributed by atoms with Crippen molar-refractivity contribution in [1.29, 1.82) is 0 Å². The van der Waals surface area contributed by atoms with Crippen LogP contribution in [0.3, 0.4) is 0 Å². The average molecular weight is 319 g/mol. The molecule has 22 heavy (non-hydrogen) atoms. The van der Waals surface area contributed by atoms with Crippen LogP contribution in [0, 0.1) is 5.82 Å². The first-order chi connectivity index (χ1) is 10.7. The molecule has 1 fully saturated rings. The molecule has 116 valence electrons. The van der Waals surface area contributed by atoms with Crippen molar-refractivity contribution in [1.82, 2.24) is 14.9 Å². The zero-order valence-corrected chi connectivity index (χ0v) is 13.0. The monoisotopic (exact) mass is 319 g/mol. The molecule has 0 bridgehead atoms. The molecule has 0 unspecified atom stereocenters. The molecule has 1 aliphatic rings. The molecule has 0 spiro atoms. The van der Waals surface area contributed by atoms with Gasteiger partial charge in [-0.05, 0) is 37.0 Å². The summed E-state index contributed by atoms with van der Waals surface area (Å²) >= 11 is 1.47. The summed E-state index contributed by atoms with van der Waals surface area (Å²) < 4.78 is 14.9. The van der Waals surface area contributed by atoms with E-state index in [-0.39, 0.29) is 11.7 Å². The van der Waals surface area contributed by atoms with E-state index in [0.717, 1.165) is 10.7 Å². The van der Waals surface area contributed by atoms with Crippen molar-refractivity contribution in [2.45, 2.75) is 30.5 Å². The van der Waals surface area contributed by atoms with Crippen molar-refractivity contribution in [3.63, 3.8) is 0 Å². The number of nitrogens with one attached hydrogen (secondary N) is 1. The summed E-state index contributed by atoms with van der Waals surface area (Å²) in [6.45, 7) is 0.558. The lowest BCUT2D eigenvalue weighted by Crippen LogP contribution is -2.27. The van der Waals surface area contributed by atoms with Crippen LogP contribution >= 0.6 is 11.8 Å². The third-order valence-electron chi connectivity index (χ3n) is 3.55. The second-order valence-corrected chi connectivity index (χ2v) is 6.31. The summed E-state index contributed by atoms with van der Waals surface area (Å²) in [6.07, 6.45) is 6.87. The third-order valence-corrected chi connectivity index (χ3v) is 4.54. The smallest absolute Gasteiger partial charge is 0.230 e. The van der Waals surface area contributed by atoms with Gasteiger partial charge in [0.1, 0.15) is 5.82 Å². The molecule has 1 heterocycles. The number of imidazole rings is 1. The minimum atomic E-state index is -0.240. The second kappa shape index (κ2) is 6.96. The number of thioether (sulfide) groups is 1. The van der Waals surface area contributed by atoms with E-state index >= 15 is 0 Å². The number of benzene rings is 1. The summed E-state index contributed by atoms with van der Waals surface area (Å²) in [7, 11) is 0. The Kier molecular flexibility index (Phi) is 4.77. The Labute approximate surface area is 133 Å². The molecule has 3 rings (SSSR count). The molecule has 6 heteroatoms. The zero-order chi connectivity index (χ0) is 15.4. The van der Waals surface area contributed by atoms with Crippen molar-refractivity contribution in [2.24, 2.45) is 0 Å². The van der Waals surface area contributed by atoms with E-state index in [0.29, 0.717) is 24.8 Å². The van der Waals surface area contributed by atoms with E-state index in [4.69, 9.17) is 0 Å². The van der Waals surface area contributed by atoms with Crippen molar-refractivity contribution in [3.8, 4) is 0 Å². The van der Waals surface area contributed by atoms with E-state index < -0.39 is 0 Å². The predicted octanol–water partition coefficient (Wildman–Crippen LogP) is 2.81. The van der Waals surface area contributed by atoms with Gasteiger partial charge < -0.3 is 9.88 Å². The van der Waals surface area contributed by atoms with Crippen LogP contribution in [0.5, 0.6) is 0 Å². The van der Waals surface area contributed by atoms with Gasteiger partial charge in [0.2, 0.25) is 5.91 Å². The van der Waals surface area contributed by atoms with Gasteiger partial charge in [0.05, 0.1) is 5.75 Å². The highest BCUT2D eigenvalue weighted by Gasteiger charge is 2.25. The molecule has 1 aromatic heterocycles. The van der Waals surface area contributed by atoms with Gasteiger partial charge in [-0.2, -0.15) is 0 Å². The number of hydrogen-bond acceptors (Lipinski definition) is 3. The van der Waals surface area contributed by atoms with Crippen LogP contribution in [-0.4, -0.2) is 27.8 Å². The van der Waals surface area contributed by atoms with Crippen LogP contribution in [-0.2, 0) is 11.2 Å². The largest absolute Gasteiger partial charge is 0.355 e. The normalized spacial score (nSPS) is 14.0. The number of rotatable bonds is 7. The number of nitrogens with zero attached hydrogens (tertiary/aromatic N) is 2. The molecule has 1 saturated carbocycles. The Morgan fingerprint density at radius 1 is 1.36 bits per heavy atom. The Morgan fingerprint density at radius 2 is 2.14 bits per heavy atom. The summed E-state index contributed by atoms with van der Waals surface area (Å²) in [5.74, 6) is 0.125. The fraction of sp³-hybridized carbons (Fsp3) is 0.375. The van der Waals surface area contributed by atoms with Gasteiger partial charge >= 0.3 is 0 Å². The Morgan fingerprint density at radius 3 is 2.86 bits per heavy atom. The quantitative estimate of drug-likeness (QED) is 0.798. The van der Waals surface area contributed by atoms with Gasteiger partial charge in [-0.3, -0.25) is 4.79 Å². The van der Waals surface area contributed by atoms with Crippen molar-refractivity contribution in [3.05, 3.63) is 48.0 Å². The molecular formula is C16H18FN3OS. The van der Waals surface area contributed by atoms with Crippen molar-refractivity contribution >= 4 is 17.7 Å². The van der Waals surface area contributed by atoms with E-state index in [9.17, 15) is 9.18 Å². The maximum Gasteiger partial charge on any atom is 0.230 e. The highest BCUT2D eigenvalue weighted by Crippen LogP contribution is 2.37. The number of aromatic nitrogens is 2. The first kappa shape index (κ1) is 15.1. The first-order valence-electron chi connectivity index (χ1n) is 7.39. The number of carbonyl (C=O) groups excluding carboxylic acids is 1. The molecule has 4 nitrogen and oxygen atoms in total. The Bertz CT molecular complexity index is 637. The molecule has 1 N–H and O–H groups in total. The molecule has 1 aliphatic carbocycles. The highest BCUT2D eigenvalue weighted by atomic mass is 32.2. The van der Waals surface area contributed by atoms with E-state index in [1.165, 1.54) is 36.7 Å². The van der Waals surface area contributed by atoms with Gasteiger partial charge in [0, 0.05) is 25.0 Å². The number of carbonyl (C=O) groups is 1. The highest BCUT2D eigenvalue weighted by molar-refractivity contribution is 7.99. The fourth-order valence-corrected chi connectivity index (χ4v) is 3.08. The van der Waals surface area contributed by atoms with Crippen molar-refractivity contribution in [2.75, 3.05) is 12.3 Å².